The lowest BCUT2D eigenvalue weighted by atomic mass is 10.1. The van der Waals surface area contributed by atoms with Gasteiger partial charge in [-0.05, 0) is 19.9 Å². The van der Waals surface area contributed by atoms with E-state index in [-0.39, 0.29) is 5.82 Å². The minimum absolute atomic E-state index is 0.236. The molecule has 0 bridgehead atoms. The quantitative estimate of drug-likeness (QED) is 0.835. The largest absolute Gasteiger partial charge is 0.372 e. The predicted octanol–water partition coefficient (Wildman–Crippen LogP) is 2.35. The highest BCUT2D eigenvalue weighted by molar-refractivity contribution is 5.17. The number of rotatable bonds is 4. The van der Waals surface area contributed by atoms with E-state index in [4.69, 9.17) is 4.74 Å². The Morgan fingerprint density at radius 3 is 2.72 bits per heavy atom. The molecular weight excluding hydrogens is 233 g/mol. The zero-order chi connectivity index (χ0) is 13.2. The molecule has 2 aromatic rings. The topological polar surface area (TPSA) is 39.9 Å². The third-order valence-corrected chi connectivity index (χ3v) is 2.96. The van der Waals surface area contributed by atoms with E-state index in [1.165, 1.54) is 6.07 Å². The zero-order valence-corrected chi connectivity index (χ0v) is 10.7. The van der Waals surface area contributed by atoms with Gasteiger partial charge < -0.3 is 4.74 Å². The van der Waals surface area contributed by atoms with Gasteiger partial charge in [-0.2, -0.15) is 0 Å². The third kappa shape index (κ3) is 2.56. The van der Waals surface area contributed by atoms with Crippen molar-refractivity contribution in [1.29, 1.82) is 0 Å². The van der Waals surface area contributed by atoms with Gasteiger partial charge in [-0.1, -0.05) is 23.4 Å². The Morgan fingerprint density at radius 1 is 1.33 bits per heavy atom. The Hall–Kier alpha value is -1.75. The number of benzene rings is 1. The van der Waals surface area contributed by atoms with Crippen molar-refractivity contribution in [3.63, 3.8) is 0 Å². The normalized spacial score (nSPS) is 11.8. The summed E-state index contributed by atoms with van der Waals surface area (Å²) in [4.78, 5) is 0. The third-order valence-electron chi connectivity index (χ3n) is 2.96. The van der Waals surface area contributed by atoms with Crippen molar-refractivity contribution in [3.8, 4) is 0 Å². The standard InChI is InChI=1S/C13H16FN3O/c1-13(2,18-3)12-9-17(16-15-12)8-10-6-4-5-7-11(10)14/h4-7,9H,8H2,1-3H3. The van der Waals surface area contributed by atoms with E-state index >= 15 is 0 Å². The molecule has 18 heavy (non-hydrogen) atoms. The Labute approximate surface area is 105 Å². The Bertz CT molecular complexity index is 537. The van der Waals surface area contributed by atoms with E-state index in [0.29, 0.717) is 12.1 Å². The zero-order valence-electron chi connectivity index (χ0n) is 10.7. The summed E-state index contributed by atoms with van der Waals surface area (Å²) >= 11 is 0. The summed E-state index contributed by atoms with van der Waals surface area (Å²) in [5.74, 6) is -0.236. The van der Waals surface area contributed by atoms with Crippen LogP contribution in [0.25, 0.3) is 0 Å². The second-order valence-corrected chi connectivity index (χ2v) is 4.61. The van der Waals surface area contributed by atoms with E-state index in [1.807, 2.05) is 13.8 Å². The summed E-state index contributed by atoms with van der Waals surface area (Å²) in [6.07, 6.45) is 1.77. The maximum absolute atomic E-state index is 13.5. The van der Waals surface area contributed by atoms with Crippen LogP contribution in [0.1, 0.15) is 25.1 Å². The molecule has 0 aliphatic carbocycles. The summed E-state index contributed by atoms with van der Waals surface area (Å²) in [6.45, 7) is 4.17. The van der Waals surface area contributed by atoms with Gasteiger partial charge >= 0.3 is 0 Å². The SMILES string of the molecule is COC(C)(C)c1cn(Cc2ccccc2F)nn1. The van der Waals surface area contributed by atoms with Crippen LogP contribution in [0.15, 0.2) is 30.5 Å². The van der Waals surface area contributed by atoms with Gasteiger partial charge in [-0.25, -0.2) is 9.07 Å². The maximum atomic E-state index is 13.5. The molecule has 0 saturated heterocycles. The lowest BCUT2D eigenvalue weighted by Gasteiger charge is -2.18. The fourth-order valence-corrected chi connectivity index (χ4v) is 1.56. The summed E-state index contributed by atoms with van der Waals surface area (Å²) < 4.78 is 20.4. The first kappa shape index (κ1) is 12.7. The number of nitrogens with zero attached hydrogens (tertiary/aromatic N) is 3. The first-order valence-electron chi connectivity index (χ1n) is 5.72. The van der Waals surface area contributed by atoms with Crippen LogP contribution in [0.5, 0.6) is 0 Å². The van der Waals surface area contributed by atoms with Crippen LogP contribution in [-0.2, 0) is 16.9 Å². The predicted molar refractivity (Wildman–Crippen MR) is 65.6 cm³/mol. The average Bonchev–Trinajstić information content (AvgIpc) is 2.81. The molecule has 0 N–H and O–H groups in total. The number of methoxy groups -OCH3 is 1. The maximum Gasteiger partial charge on any atom is 0.128 e. The summed E-state index contributed by atoms with van der Waals surface area (Å²) in [5.41, 5.74) is 0.818. The van der Waals surface area contributed by atoms with Crippen molar-refractivity contribution in [3.05, 3.63) is 47.5 Å². The fraction of sp³-hybridized carbons (Fsp3) is 0.385. The minimum Gasteiger partial charge on any atom is -0.372 e. The van der Waals surface area contributed by atoms with Crippen LogP contribution in [0, 0.1) is 5.82 Å². The van der Waals surface area contributed by atoms with E-state index in [0.717, 1.165) is 5.69 Å². The Balaban J connectivity index is 2.20. The van der Waals surface area contributed by atoms with Crippen LogP contribution < -0.4 is 0 Å². The highest BCUT2D eigenvalue weighted by Crippen LogP contribution is 2.21. The first-order chi connectivity index (χ1) is 8.53. The molecule has 1 aromatic heterocycles. The number of hydrogen-bond acceptors (Lipinski definition) is 3. The molecule has 0 spiro atoms. The molecule has 0 aliphatic heterocycles. The van der Waals surface area contributed by atoms with Crippen molar-refractivity contribution in [2.75, 3.05) is 7.11 Å². The fourth-order valence-electron chi connectivity index (χ4n) is 1.56. The van der Waals surface area contributed by atoms with Gasteiger partial charge in [0, 0.05) is 12.7 Å². The molecule has 1 aromatic carbocycles. The highest BCUT2D eigenvalue weighted by atomic mass is 19.1. The number of ether oxygens (including phenoxy) is 1. The van der Waals surface area contributed by atoms with E-state index in [2.05, 4.69) is 10.3 Å². The molecule has 0 amide bonds. The van der Waals surface area contributed by atoms with Crippen LogP contribution >= 0.6 is 0 Å². The molecule has 0 aliphatic rings. The smallest absolute Gasteiger partial charge is 0.128 e. The van der Waals surface area contributed by atoms with Crippen molar-refractivity contribution < 1.29 is 9.13 Å². The minimum atomic E-state index is -0.493. The van der Waals surface area contributed by atoms with Crippen LogP contribution in [0.4, 0.5) is 4.39 Å². The number of aromatic nitrogens is 3. The van der Waals surface area contributed by atoms with Gasteiger partial charge in [0.25, 0.3) is 0 Å². The molecule has 0 unspecified atom stereocenters. The van der Waals surface area contributed by atoms with Crippen LogP contribution in [-0.4, -0.2) is 22.1 Å². The molecule has 0 saturated carbocycles. The van der Waals surface area contributed by atoms with Gasteiger partial charge in [-0.15, -0.1) is 5.10 Å². The van der Waals surface area contributed by atoms with E-state index in [9.17, 15) is 4.39 Å². The summed E-state index contributed by atoms with van der Waals surface area (Å²) in [6, 6.07) is 6.64. The Kier molecular flexibility index (Phi) is 3.43. The van der Waals surface area contributed by atoms with Crippen molar-refractivity contribution in [2.45, 2.75) is 26.0 Å². The molecule has 5 heteroatoms. The molecule has 0 atom stereocenters. The van der Waals surface area contributed by atoms with Crippen LogP contribution in [0.3, 0.4) is 0 Å². The molecule has 2 rings (SSSR count). The first-order valence-corrected chi connectivity index (χ1v) is 5.72. The second kappa shape index (κ2) is 4.86. The average molecular weight is 249 g/mol. The highest BCUT2D eigenvalue weighted by Gasteiger charge is 2.23. The molecule has 96 valence electrons. The van der Waals surface area contributed by atoms with Gasteiger partial charge in [0.05, 0.1) is 12.7 Å². The monoisotopic (exact) mass is 249 g/mol. The second-order valence-electron chi connectivity index (χ2n) is 4.61. The Morgan fingerprint density at radius 2 is 2.06 bits per heavy atom. The lowest BCUT2D eigenvalue weighted by Crippen LogP contribution is -2.19. The van der Waals surface area contributed by atoms with Gasteiger partial charge in [0.15, 0.2) is 0 Å². The van der Waals surface area contributed by atoms with Gasteiger partial charge in [-0.3, -0.25) is 0 Å². The summed E-state index contributed by atoms with van der Waals surface area (Å²) in [5, 5.41) is 8.04. The molecular formula is C13H16FN3O. The van der Waals surface area contributed by atoms with E-state index < -0.39 is 5.60 Å². The molecule has 1 heterocycles. The number of halogens is 1. The van der Waals surface area contributed by atoms with E-state index in [1.54, 1.807) is 36.2 Å². The van der Waals surface area contributed by atoms with Gasteiger partial charge in [0.1, 0.15) is 17.1 Å². The van der Waals surface area contributed by atoms with Crippen molar-refractivity contribution in [1.82, 2.24) is 15.0 Å². The number of hydrogen-bond donors (Lipinski definition) is 0. The molecule has 4 nitrogen and oxygen atoms in total. The van der Waals surface area contributed by atoms with Gasteiger partial charge in [0.2, 0.25) is 0 Å². The van der Waals surface area contributed by atoms with Crippen molar-refractivity contribution in [2.24, 2.45) is 0 Å². The molecule has 0 fully saturated rings. The molecule has 0 radical (unpaired) electrons. The summed E-state index contributed by atoms with van der Waals surface area (Å²) in [7, 11) is 1.62. The lowest BCUT2D eigenvalue weighted by molar-refractivity contribution is 0.0154. The van der Waals surface area contributed by atoms with Crippen molar-refractivity contribution >= 4 is 0 Å². The van der Waals surface area contributed by atoms with Crippen LogP contribution in [0.2, 0.25) is 0 Å².